The second-order valence-corrected chi connectivity index (χ2v) is 6.53. The molecule has 1 aromatic carbocycles. The lowest BCUT2D eigenvalue weighted by Gasteiger charge is -2.27. The van der Waals surface area contributed by atoms with E-state index < -0.39 is 28.5 Å². The molecule has 1 rings (SSSR count). The van der Waals surface area contributed by atoms with Crippen molar-refractivity contribution in [2.24, 2.45) is 0 Å². The summed E-state index contributed by atoms with van der Waals surface area (Å²) in [4.78, 5) is 23.1. The Balaban J connectivity index is 3.01. The number of carbonyl (C=O) groups is 2. The molecule has 0 spiro atoms. The van der Waals surface area contributed by atoms with E-state index >= 15 is 0 Å². The van der Waals surface area contributed by atoms with E-state index in [0.717, 1.165) is 6.07 Å². The van der Waals surface area contributed by atoms with Gasteiger partial charge in [-0.05, 0) is 48.0 Å². The van der Waals surface area contributed by atoms with Crippen molar-refractivity contribution < 1.29 is 19.1 Å². The third kappa shape index (κ3) is 4.21. The van der Waals surface area contributed by atoms with Crippen molar-refractivity contribution >= 4 is 40.4 Å². The van der Waals surface area contributed by atoms with E-state index in [4.69, 9.17) is 5.11 Å². The summed E-state index contributed by atoms with van der Waals surface area (Å²) in [5.74, 6) is -2.47. The average Bonchev–Trinajstić information content (AvgIpc) is 2.26. The summed E-state index contributed by atoms with van der Waals surface area (Å²) in [7, 11) is 0. The third-order valence-corrected chi connectivity index (χ3v) is 3.35. The zero-order valence-electron chi connectivity index (χ0n) is 10.3. The Hall–Kier alpha value is -1.08. The molecule has 0 fully saturated rings. The molecule has 0 saturated heterocycles. The number of carbonyl (C=O) groups excluding carboxylic acids is 1. The lowest BCUT2D eigenvalue weighted by molar-refractivity contribution is -0.139. The zero-order valence-corrected chi connectivity index (χ0v) is 12.8. The van der Waals surface area contributed by atoms with Crippen molar-refractivity contribution in [1.82, 2.24) is 5.32 Å². The van der Waals surface area contributed by atoms with Gasteiger partial charge < -0.3 is 10.4 Å². The van der Waals surface area contributed by atoms with Crippen LogP contribution < -0.4 is 5.32 Å². The summed E-state index contributed by atoms with van der Waals surface area (Å²) in [6.45, 7) is 3.13. The minimum atomic E-state index is -1.21. The normalized spacial score (nSPS) is 12.9. The first-order valence-corrected chi connectivity index (χ1v) is 6.58. The molecule has 0 heterocycles. The van der Waals surface area contributed by atoms with Gasteiger partial charge in [0.1, 0.15) is 11.9 Å². The number of amides is 1. The predicted octanol–water partition coefficient (Wildman–Crippen LogP) is 2.48. The molecule has 0 aromatic heterocycles. The highest BCUT2D eigenvalue weighted by atomic mass is 79.9. The monoisotopic (exact) mass is 349 g/mol. The van der Waals surface area contributed by atoms with Crippen LogP contribution in [0.4, 0.5) is 4.39 Å². The van der Waals surface area contributed by atoms with Gasteiger partial charge in [-0.2, -0.15) is 12.6 Å². The molecule has 0 aliphatic rings. The fraction of sp³-hybridized carbons (Fsp3) is 0.333. The van der Waals surface area contributed by atoms with Gasteiger partial charge in [-0.3, -0.25) is 4.79 Å². The van der Waals surface area contributed by atoms with Gasteiger partial charge in [-0.15, -0.1) is 0 Å². The lowest BCUT2D eigenvalue weighted by Crippen LogP contribution is -2.51. The van der Waals surface area contributed by atoms with Crippen LogP contribution in [0.1, 0.15) is 24.2 Å². The molecular weight excluding hydrogens is 337 g/mol. The van der Waals surface area contributed by atoms with E-state index in [2.05, 4.69) is 33.9 Å². The fourth-order valence-corrected chi connectivity index (χ4v) is 2.02. The molecule has 1 aromatic rings. The summed E-state index contributed by atoms with van der Waals surface area (Å²) >= 11 is 7.26. The molecule has 2 N–H and O–H groups in total. The van der Waals surface area contributed by atoms with Crippen LogP contribution in [-0.2, 0) is 4.79 Å². The molecule has 1 unspecified atom stereocenters. The van der Waals surface area contributed by atoms with Gasteiger partial charge in [-0.1, -0.05) is 0 Å². The highest BCUT2D eigenvalue weighted by Gasteiger charge is 2.34. The minimum Gasteiger partial charge on any atom is -0.480 e. The summed E-state index contributed by atoms with van der Waals surface area (Å²) in [5.41, 5.74) is 0.0313. The van der Waals surface area contributed by atoms with Gasteiger partial charge in [0.05, 0.1) is 5.56 Å². The molecule has 0 saturated carbocycles. The smallest absolute Gasteiger partial charge is 0.327 e. The number of hydrogen-bond donors (Lipinski definition) is 3. The van der Waals surface area contributed by atoms with E-state index in [1.54, 1.807) is 13.8 Å². The third-order valence-electron chi connectivity index (χ3n) is 2.40. The van der Waals surface area contributed by atoms with Gasteiger partial charge in [0.15, 0.2) is 0 Å². The Bertz CT molecular complexity index is 516. The molecule has 1 atom stereocenters. The fourth-order valence-electron chi connectivity index (χ4n) is 1.42. The summed E-state index contributed by atoms with van der Waals surface area (Å²) in [6.07, 6.45) is 0. The average molecular weight is 350 g/mol. The van der Waals surface area contributed by atoms with Crippen molar-refractivity contribution in [2.45, 2.75) is 24.6 Å². The highest BCUT2D eigenvalue weighted by molar-refractivity contribution is 9.10. The number of thiol groups is 1. The zero-order chi connectivity index (χ0) is 14.8. The second-order valence-electron chi connectivity index (χ2n) is 4.52. The Morgan fingerprint density at radius 1 is 1.47 bits per heavy atom. The first-order chi connectivity index (χ1) is 8.62. The topological polar surface area (TPSA) is 66.4 Å². The first kappa shape index (κ1) is 16.0. The summed E-state index contributed by atoms with van der Waals surface area (Å²) in [6, 6.07) is 2.41. The maximum atomic E-state index is 13.1. The van der Waals surface area contributed by atoms with Crippen LogP contribution in [0.5, 0.6) is 0 Å². The number of halogens is 2. The molecule has 7 heteroatoms. The number of nitrogens with one attached hydrogen (secondary N) is 1. The molecule has 104 valence electrons. The summed E-state index contributed by atoms with van der Waals surface area (Å²) in [5, 5.41) is 11.4. The van der Waals surface area contributed by atoms with Crippen LogP contribution in [0.15, 0.2) is 22.7 Å². The molecule has 0 radical (unpaired) electrons. The largest absolute Gasteiger partial charge is 0.480 e. The van der Waals surface area contributed by atoms with Crippen LogP contribution >= 0.6 is 28.6 Å². The first-order valence-electron chi connectivity index (χ1n) is 5.34. The predicted molar refractivity (Wildman–Crippen MR) is 76.1 cm³/mol. The summed E-state index contributed by atoms with van der Waals surface area (Å²) < 4.78 is 12.5. The van der Waals surface area contributed by atoms with Crippen molar-refractivity contribution in [3.8, 4) is 0 Å². The van der Waals surface area contributed by atoms with Crippen molar-refractivity contribution in [3.05, 3.63) is 34.1 Å². The lowest BCUT2D eigenvalue weighted by atomic mass is 10.0. The highest BCUT2D eigenvalue weighted by Crippen LogP contribution is 2.21. The molecule has 1 amide bonds. The Labute approximate surface area is 123 Å². The molecule has 19 heavy (non-hydrogen) atoms. The second kappa shape index (κ2) is 5.92. The van der Waals surface area contributed by atoms with E-state index in [1.165, 1.54) is 12.1 Å². The molecule has 4 nitrogen and oxygen atoms in total. The van der Waals surface area contributed by atoms with Crippen molar-refractivity contribution in [3.63, 3.8) is 0 Å². The Morgan fingerprint density at radius 3 is 2.53 bits per heavy atom. The van der Waals surface area contributed by atoms with E-state index in [0.29, 0.717) is 4.47 Å². The van der Waals surface area contributed by atoms with Gasteiger partial charge in [-0.25, -0.2) is 9.18 Å². The molecule has 0 aliphatic heterocycles. The quantitative estimate of drug-likeness (QED) is 0.731. The van der Waals surface area contributed by atoms with Gasteiger partial charge >= 0.3 is 5.97 Å². The van der Waals surface area contributed by atoms with E-state index in [1.807, 2.05) is 0 Å². The number of hydrogen-bond acceptors (Lipinski definition) is 3. The van der Waals surface area contributed by atoms with Crippen LogP contribution in [0, 0.1) is 5.82 Å². The number of carboxylic acids is 1. The van der Waals surface area contributed by atoms with Gasteiger partial charge in [0.2, 0.25) is 0 Å². The number of benzene rings is 1. The van der Waals surface area contributed by atoms with Crippen molar-refractivity contribution in [2.75, 3.05) is 0 Å². The number of aliphatic carboxylic acids is 1. The molecule has 0 aliphatic carbocycles. The SMILES string of the molecule is CC(C)(S)C(NC(=O)c1cc(F)ccc1Br)C(=O)O. The van der Waals surface area contributed by atoms with Crippen LogP contribution in [0.25, 0.3) is 0 Å². The Kier molecular flexibility index (Phi) is 4.98. The number of carboxylic acid groups (broad SMARTS) is 1. The van der Waals surface area contributed by atoms with E-state index in [-0.39, 0.29) is 5.56 Å². The van der Waals surface area contributed by atoms with Gasteiger partial charge in [0, 0.05) is 9.22 Å². The Morgan fingerprint density at radius 2 is 2.05 bits per heavy atom. The van der Waals surface area contributed by atoms with Crippen LogP contribution in [-0.4, -0.2) is 27.8 Å². The number of rotatable bonds is 4. The standard InChI is InChI=1S/C12H13BrFNO3S/c1-12(2,19)9(11(17)18)15-10(16)7-5-6(14)3-4-8(7)13/h3-5,9,19H,1-2H3,(H,15,16)(H,17,18). The van der Waals surface area contributed by atoms with Crippen molar-refractivity contribution in [1.29, 1.82) is 0 Å². The van der Waals surface area contributed by atoms with Crippen LogP contribution in [0.2, 0.25) is 0 Å². The van der Waals surface area contributed by atoms with E-state index in [9.17, 15) is 14.0 Å². The maximum absolute atomic E-state index is 13.1. The molecule has 0 bridgehead atoms. The van der Waals surface area contributed by atoms with Crippen LogP contribution in [0.3, 0.4) is 0 Å². The molecular formula is C12H13BrFNO3S. The van der Waals surface area contributed by atoms with Gasteiger partial charge in [0.25, 0.3) is 5.91 Å². The minimum absolute atomic E-state index is 0.0313. The maximum Gasteiger partial charge on any atom is 0.327 e.